The molecule has 5 nitrogen and oxygen atoms in total. The number of benzene rings is 1. The molecule has 0 fully saturated rings. The van der Waals surface area contributed by atoms with Crippen molar-refractivity contribution in [3.63, 3.8) is 0 Å². The van der Waals surface area contributed by atoms with E-state index in [4.69, 9.17) is 10.2 Å². The third kappa shape index (κ3) is 5.09. The molecule has 104 valence electrons. The summed E-state index contributed by atoms with van der Waals surface area (Å²) in [6, 6.07) is 5.91. The monoisotopic (exact) mass is 265 g/mol. The molecule has 0 saturated carbocycles. The average Bonchev–Trinajstić information content (AvgIpc) is 2.33. The van der Waals surface area contributed by atoms with E-state index in [2.05, 4.69) is 5.32 Å². The van der Waals surface area contributed by atoms with Crippen LogP contribution in [0.25, 0.3) is 0 Å². The molecule has 0 bridgehead atoms. The second-order valence-electron chi connectivity index (χ2n) is 4.60. The summed E-state index contributed by atoms with van der Waals surface area (Å²) >= 11 is 0. The summed E-state index contributed by atoms with van der Waals surface area (Å²) in [5.74, 6) is -1.45. The zero-order valence-electron chi connectivity index (χ0n) is 11.1. The maximum atomic E-state index is 11.7. The van der Waals surface area contributed by atoms with E-state index in [0.29, 0.717) is 0 Å². The predicted octanol–water partition coefficient (Wildman–Crippen LogP) is 0.798. The van der Waals surface area contributed by atoms with Gasteiger partial charge in [-0.2, -0.15) is 0 Å². The minimum absolute atomic E-state index is 0.00781. The summed E-state index contributed by atoms with van der Waals surface area (Å²) in [7, 11) is 0. The van der Waals surface area contributed by atoms with Crippen LogP contribution < -0.4 is 5.32 Å². The largest absolute Gasteiger partial charge is 0.479 e. The fraction of sp³-hybridized carbons (Fsp3) is 0.429. The molecule has 3 N–H and O–H groups in total. The number of rotatable bonds is 6. The summed E-state index contributed by atoms with van der Waals surface area (Å²) in [5.41, 5.74) is 3.09. The first-order valence-electron chi connectivity index (χ1n) is 6.14. The standard InChI is InChI=1S/C14H19NO4/c1-9-3-4-10(2)11(7-9)8-13(17)15-6-5-12(16)14(18)19/h3-4,7,12,16H,5-6,8H2,1-2H3,(H,15,17)(H,18,19). The lowest BCUT2D eigenvalue weighted by Gasteiger charge is -2.09. The molecule has 5 heteroatoms. The van der Waals surface area contributed by atoms with Crippen LogP contribution in [-0.2, 0) is 16.0 Å². The van der Waals surface area contributed by atoms with Crippen LogP contribution in [0.5, 0.6) is 0 Å². The molecule has 0 heterocycles. The van der Waals surface area contributed by atoms with Gasteiger partial charge in [-0.3, -0.25) is 4.79 Å². The Bertz CT molecular complexity index is 471. The summed E-state index contributed by atoms with van der Waals surface area (Å²) in [6.45, 7) is 4.05. The molecule has 1 atom stereocenters. The van der Waals surface area contributed by atoms with Crippen molar-refractivity contribution in [1.29, 1.82) is 0 Å². The Labute approximate surface area is 112 Å². The van der Waals surface area contributed by atoms with Gasteiger partial charge in [0.1, 0.15) is 0 Å². The quantitative estimate of drug-likeness (QED) is 0.710. The SMILES string of the molecule is Cc1ccc(C)c(CC(=O)NCCC(O)C(=O)O)c1. The van der Waals surface area contributed by atoms with Crippen LogP contribution in [0, 0.1) is 13.8 Å². The molecule has 1 rings (SSSR count). The Kier molecular flexibility index (Phi) is 5.51. The Morgan fingerprint density at radius 1 is 1.32 bits per heavy atom. The molecular formula is C14H19NO4. The second-order valence-corrected chi connectivity index (χ2v) is 4.60. The Balaban J connectivity index is 2.43. The normalized spacial score (nSPS) is 11.9. The van der Waals surface area contributed by atoms with E-state index in [-0.39, 0.29) is 25.3 Å². The van der Waals surface area contributed by atoms with Crippen molar-refractivity contribution in [1.82, 2.24) is 5.32 Å². The van der Waals surface area contributed by atoms with Crippen LogP contribution in [-0.4, -0.2) is 34.7 Å². The number of aryl methyl sites for hydroxylation is 2. The van der Waals surface area contributed by atoms with Gasteiger partial charge in [-0.05, 0) is 25.0 Å². The van der Waals surface area contributed by atoms with Crippen molar-refractivity contribution in [2.75, 3.05) is 6.54 Å². The maximum absolute atomic E-state index is 11.7. The van der Waals surface area contributed by atoms with Gasteiger partial charge in [0.25, 0.3) is 0 Å². The van der Waals surface area contributed by atoms with Crippen molar-refractivity contribution in [2.24, 2.45) is 0 Å². The molecule has 0 aliphatic rings. The number of aliphatic hydroxyl groups is 1. The van der Waals surface area contributed by atoms with Crippen molar-refractivity contribution in [3.05, 3.63) is 34.9 Å². The van der Waals surface area contributed by atoms with Crippen molar-refractivity contribution < 1.29 is 19.8 Å². The van der Waals surface area contributed by atoms with E-state index >= 15 is 0 Å². The van der Waals surface area contributed by atoms with Gasteiger partial charge in [0.15, 0.2) is 6.10 Å². The van der Waals surface area contributed by atoms with Gasteiger partial charge < -0.3 is 15.5 Å². The topological polar surface area (TPSA) is 86.6 Å². The molecular weight excluding hydrogens is 246 g/mol. The molecule has 1 aromatic carbocycles. The summed E-state index contributed by atoms with van der Waals surface area (Å²) in [5, 5.41) is 20.1. The highest BCUT2D eigenvalue weighted by molar-refractivity contribution is 5.79. The third-order valence-electron chi connectivity index (χ3n) is 2.88. The van der Waals surface area contributed by atoms with E-state index in [0.717, 1.165) is 16.7 Å². The first-order chi connectivity index (χ1) is 8.90. The summed E-state index contributed by atoms with van der Waals surface area (Å²) in [6.07, 6.45) is -1.16. The minimum atomic E-state index is -1.43. The van der Waals surface area contributed by atoms with Gasteiger partial charge in [0, 0.05) is 13.0 Å². The van der Waals surface area contributed by atoms with E-state index < -0.39 is 12.1 Å². The van der Waals surface area contributed by atoms with Crippen LogP contribution in [0.4, 0.5) is 0 Å². The van der Waals surface area contributed by atoms with E-state index in [1.54, 1.807) is 0 Å². The lowest BCUT2D eigenvalue weighted by molar-refractivity contribution is -0.147. The van der Waals surface area contributed by atoms with Crippen molar-refractivity contribution in [2.45, 2.75) is 32.8 Å². The molecule has 0 saturated heterocycles. The third-order valence-corrected chi connectivity index (χ3v) is 2.88. The molecule has 0 aliphatic heterocycles. The number of carboxylic acids is 1. The molecule has 0 spiro atoms. The molecule has 1 amide bonds. The molecule has 0 aromatic heterocycles. The zero-order valence-corrected chi connectivity index (χ0v) is 11.1. The number of nitrogens with one attached hydrogen (secondary N) is 1. The Hall–Kier alpha value is -1.88. The van der Waals surface area contributed by atoms with Gasteiger partial charge in [0.2, 0.25) is 5.91 Å². The summed E-state index contributed by atoms with van der Waals surface area (Å²) < 4.78 is 0. The number of hydrogen-bond donors (Lipinski definition) is 3. The molecule has 0 aliphatic carbocycles. The molecule has 0 radical (unpaired) electrons. The van der Waals surface area contributed by atoms with Crippen molar-refractivity contribution >= 4 is 11.9 Å². The van der Waals surface area contributed by atoms with Crippen LogP contribution in [0.3, 0.4) is 0 Å². The van der Waals surface area contributed by atoms with Gasteiger partial charge in [-0.1, -0.05) is 23.8 Å². The van der Waals surface area contributed by atoms with Crippen molar-refractivity contribution in [3.8, 4) is 0 Å². The highest BCUT2D eigenvalue weighted by Crippen LogP contribution is 2.11. The van der Waals surface area contributed by atoms with E-state index in [9.17, 15) is 9.59 Å². The number of aliphatic hydroxyl groups excluding tert-OH is 1. The molecule has 1 unspecified atom stereocenters. The van der Waals surface area contributed by atoms with Crippen LogP contribution in [0.2, 0.25) is 0 Å². The lowest BCUT2D eigenvalue weighted by atomic mass is 10.0. The summed E-state index contributed by atoms with van der Waals surface area (Å²) in [4.78, 5) is 22.1. The first kappa shape index (κ1) is 15.2. The number of hydrogen-bond acceptors (Lipinski definition) is 3. The van der Waals surface area contributed by atoms with Crippen LogP contribution >= 0.6 is 0 Å². The maximum Gasteiger partial charge on any atom is 0.332 e. The highest BCUT2D eigenvalue weighted by atomic mass is 16.4. The van der Waals surface area contributed by atoms with Crippen LogP contribution in [0.15, 0.2) is 18.2 Å². The minimum Gasteiger partial charge on any atom is -0.479 e. The average molecular weight is 265 g/mol. The molecule has 1 aromatic rings. The van der Waals surface area contributed by atoms with Crippen LogP contribution in [0.1, 0.15) is 23.1 Å². The van der Waals surface area contributed by atoms with E-state index in [1.807, 2.05) is 32.0 Å². The number of carbonyl (C=O) groups is 2. The number of aliphatic carboxylic acids is 1. The van der Waals surface area contributed by atoms with Gasteiger partial charge in [-0.25, -0.2) is 4.79 Å². The van der Waals surface area contributed by atoms with Gasteiger partial charge in [-0.15, -0.1) is 0 Å². The molecule has 19 heavy (non-hydrogen) atoms. The predicted molar refractivity (Wildman–Crippen MR) is 70.9 cm³/mol. The highest BCUT2D eigenvalue weighted by Gasteiger charge is 2.13. The zero-order chi connectivity index (χ0) is 14.4. The second kappa shape index (κ2) is 6.89. The lowest BCUT2D eigenvalue weighted by Crippen LogP contribution is -2.31. The fourth-order valence-electron chi connectivity index (χ4n) is 1.70. The fourth-order valence-corrected chi connectivity index (χ4v) is 1.70. The first-order valence-corrected chi connectivity index (χ1v) is 6.14. The van der Waals surface area contributed by atoms with Gasteiger partial charge >= 0.3 is 5.97 Å². The Morgan fingerprint density at radius 2 is 2.00 bits per heavy atom. The number of carboxylic acid groups (broad SMARTS) is 1. The Morgan fingerprint density at radius 3 is 2.63 bits per heavy atom. The van der Waals surface area contributed by atoms with E-state index in [1.165, 1.54) is 0 Å². The smallest absolute Gasteiger partial charge is 0.332 e. The number of carbonyl (C=O) groups excluding carboxylic acids is 1. The van der Waals surface area contributed by atoms with Gasteiger partial charge in [0.05, 0.1) is 6.42 Å². The number of amides is 1.